The minimum absolute atomic E-state index is 0.162. The third kappa shape index (κ3) is 4.68. The van der Waals surface area contributed by atoms with Gasteiger partial charge in [0, 0.05) is 47.7 Å². The van der Waals surface area contributed by atoms with Gasteiger partial charge in [0.25, 0.3) is 0 Å². The van der Waals surface area contributed by atoms with Crippen LogP contribution in [0.1, 0.15) is 40.3 Å². The number of halogens is 1. The molecule has 4 heterocycles. The highest BCUT2D eigenvalue weighted by Crippen LogP contribution is 2.44. The van der Waals surface area contributed by atoms with Crippen LogP contribution in [-0.4, -0.2) is 41.0 Å². The molecule has 2 saturated heterocycles. The fourth-order valence-electron chi connectivity index (χ4n) is 5.85. The number of anilines is 2. The predicted octanol–water partition coefficient (Wildman–Crippen LogP) is 5.95. The number of aryl methyl sites for hydroxylation is 2. The van der Waals surface area contributed by atoms with E-state index in [0.717, 1.165) is 60.3 Å². The lowest BCUT2D eigenvalue weighted by Crippen LogP contribution is -2.36. The molecule has 2 fully saturated rings. The minimum Gasteiger partial charge on any atom is -0.378 e. The van der Waals surface area contributed by atoms with Crippen LogP contribution >= 0.6 is 12.2 Å². The number of rotatable bonds is 5. The Hall–Kier alpha value is -3.75. The summed E-state index contributed by atoms with van der Waals surface area (Å²) in [5, 5.41) is 4.12. The highest BCUT2D eigenvalue weighted by atomic mass is 32.1. The highest BCUT2D eigenvalue weighted by molar-refractivity contribution is 7.80. The topological polar surface area (TPSA) is 45.6 Å². The maximum absolute atomic E-state index is 14.2. The number of thiocarbonyl (C=S) groups is 1. The third-order valence-corrected chi connectivity index (χ3v) is 8.11. The highest BCUT2D eigenvalue weighted by Gasteiger charge is 2.42. The molecule has 2 aromatic heterocycles. The van der Waals surface area contributed by atoms with Crippen LogP contribution in [0, 0.1) is 26.6 Å². The van der Waals surface area contributed by atoms with Gasteiger partial charge in [-0.05, 0) is 105 Å². The summed E-state index contributed by atoms with van der Waals surface area (Å²) in [4.78, 5) is 9.14. The number of ether oxygens (including phenoxy) is 1. The van der Waals surface area contributed by atoms with Crippen LogP contribution in [0.4, 0.5) is 15.8 Å². The van der Waals surface area contributed by atoms with Crippen molar-refractivity contribution >= 4 is 28.7 Å². The van der Waals surface area contributed by atoms with E-state index < -0.39 is 0 Å². The van der Waals surface area contributed by atoms with Crippen LogP contribution in [0.5, 0.6) is 0 Å². The zero-order valence-electron chi connectivity index (χ0n) is 22.4. The first-order valence-corrected chi connectivity index (χ1v) is 13.7. The molecule has 2 aliphatic rings. The Labute approximate surface area is 234 Å². The molecule has 6 nitrogen and oxygen atoms in total. The number of nitrogens with one attached hydrogen (secondary N) is 1. The molecular formula is C31H32FN5OS. The number of hydrogen-bond acceptors (Lipinski definition) is 4. The molecule has 0 saturated carbocycles. The number of morpholine rings is 1. The molecule has 1 N–H and O–H groups in total. The van der Waals surface area contributed by atoms with Crippen molar-refractivity contribution in [1.82, 2.24) is 14.9 Å². The SMILES string of the molecule is Cc1cc(N2C(=S)NC(c3ccccn3)C2c2cc(C)n(-c3ccc(N4CCOCC4)cc3)c2C)ccc1F. The van der Waals surface area contributed by atoms with Gasteiger partial charge in [0.15, 0.2) is 5.11 Å². The fourth-order valence-corrected chi connectivity index (χ4v) is 6.19. The molecule has 2 atom stereocenters. The van der Waals surface area contributed by atoms with Crippen LogP contribution < -0.4 is 15.1 Å². The number of aromatic nitrogens is 2. The van der Waals surface area contributed by atoms with E-state index in [-0.39, 0.29) is 17.9 Å². The fraction of sp³-hybridized carbons (Fsp3) is 0.290. The van der Waals surface area contributed by atoms with Gasteiger partial charge in [-0.3, -0.25) is 4.98 Å². The minimum atomic E-state index is -0.228. The summed E-state index contributed by atoms with van der Waals surface area (Å²) in [5.74, 6) is -0.228. The van der Waals surface area contributed by atoms with E-state index in [9.17, 15) is 4.39 Å². The average Bonchev–Trinajstić information content (AvgIpc) is 3.46. The first-order chi connectivity index (χ1) is 18.9. The van der Waals surface area contributed by atoms with Crippen molar-refractivity contribution in [3.8, 4) is 5.69 Å². The summed E-state index contributed by atoms with van der Waals surface area (Å²) in [6.07, 6.45) is 1.81. The molecule has 39 heavy (non-hydrogen) atoms. The normalized spacial score (nSPS) is 19.4. The Morgan fingerprint density at radius 2 is 1.64 bits per heavy atom. The van der Waals surface area contributed by atoms with Gasteiger partial charge in [0.05, 0.1) is 31.0 Å². The molecule has 0 bridgehead atoms. The van der Waals surface area contributed by atoms with Gasteiger partial charge in [0.2, 0.25) is 0 Å². The monoisotopic (exact) mass is 541 g/mol. The van der Waals surface area contributed by atoms with E-state index in [0.29, 0.717) is 10.7 Å². The van der Waals surface area contributed by atoms with Crippen molar-refractivity contribution in [2.45, 2.75) is 32.9 Å². The van der Waals surface area contributed by atoms with Crippen LogP contribution in [0.15, 0.2) is 72.9 Å². The molecule has 0 radical (unpaired) electrons. The molecule has 0 amide bonds. The second-order valence-electron chi connectivity index (χ2n) is 10.2. The lowest BCUT2D eigenvalue weighted by molar-refractivity contribution is 0.122. The van der Waals surface area contributed by atoms with Crippen molar-refractivity contribution in [2.24, 2.45) is 0 Å². The number of benzene rings is 2. The zero-order valence-corrected chi connectivity index (χ0v) is 23.2. The van der Waals surface area contributed by atoms with Gasteiger partial charge < -0.3 is 24.4 Å². The van der Waals surface area contributed by atoms with E-state index in [1.807, 2.05) is 24.3 Å². The predicted molar refractivity (Wildman–Crippen MR) is 157 cm³/mol. The van der Waals surface area contributed by atoms with Crippen molar-refractivity contribution in [1.29, 1.82) is 0 Å². The van der Waals surface area contributed by atoms with E-state index in [1.54, 1.807) is 19.2 Å². The summed E-state index contributed by atoms with van der Waals surface area (Å²) in [6, 6.07) is 21.8. The van der Waals surface area contributed by atoms with Gasteiger partial charge in [-0.25, -0.2) is 4.39 Å². The van der Waals surface area contributed by atoms with Crippen LogP contribution in [0.3, 0.4) is 0 Å². The lowest BCUT2D eigenvalue weighted by atomic mass is 9.96. The van der Waals surface area contributed by atoms with Crippen molar-refractivity contribution in [3.05, 3.63) is 107 Å². The Morgan fingerprint density at radius 3 is 2.33 bits per heavy atom. The number of nitrogens with zero attached hydrogens (tertiary/aromatic N) is 4. The van der Waals surface area contributed by atoms with Crippen LogP contribution in [-0.2, 0) is 4.74 Å². The second-order valence-corrected chi connectivity index (χ2v) is 10.6. The Bertz CT molecular complexity index is 1500. The average molecular weight is 542 g/mol. The smallest absolute Gasteiger partial charge is 0.174 e. The van der Waals surface area contributed by atoms with Crippen LogP contribution in [0.25, 0.3) is 5.69 Å². The molecule has 6 rings (SSSR count). The quantitative estimate of drug-likeness (QED) is 0.315. The van der Waals surface area contributed by atoms with E-state index >= 15 is 0 Å². The number of hydrogen-bond donors (Lipinski definition) is 1. The van der Waals surface area contributed by atoms with Gasteiger partial charge in [0.1, 0.15) is 5.82 Å². The van der Waals surface area contributed by atoms with Crippen molar-refractivity contribution in [3.63, 3.8) is 0 Å². The molecule has 2 aliphatic heterocycles. The molecule has 0 spiro atoms. The summed E-state index contributed by atoms with van der Waals surface area (Å²) < 4.78 is 22.0. The second kappa shape index (κ2) is 10.4. The van der Waals surface area contributed by atoms with E-state index in [4.69, 9.17) is 17.0 Å². The third-order valence-electron chi connectivity index (χ3n) is 7.79. The summed E-state index contributed by atoms with van der Waals surface area (Å²) in [5.41, 5.74) is 8.09. The van der Waals surface area contributed by atoms with E-state index in [1.165, 1.54) is 11.8 Å². The van der Waals surface area contributed by atoms with Crippen molar-refractivity contribution < 1.29 is 9.13 Å². The number of pyridine rings is 1. The molecule has 4 aromatic rings. The maximum atomic E-state index is 14.2. The van der Waals surface area contributed by atoms with E-state index in [2.05, 4.69) is 68.8 Å². The summed E-state index contributed by atoms with van der Waals surface area (Å²) in [7, 11) is 0. The molecule has 2 unspecified atom stereocenters. The maximum Gasteiger partial charge on any atom is 0.174 e. The lowest BCUT2D eigenvalue weighted by Gasteiger charge is -2.29. The molecule has 2 aromatic carbocycles. The van der Waals surface area contributed by atoms with Gasteiger partial charge in [-0.15, -0.1) is 0 Å². The standard InChI is InChI=1S/C31H32FN5OS/c1-20-18-25(11-12-27(20)32)37-30(29(34-31(37)39)28-6-4-5-13-33-28)26-19-21(2)36(22(26)3)24-9-7-23(8-10-24)35-14-16-38-17-15-35/h4-13,18-19,29-30H,14-17H2,1-3H3,(H,34,39). The largest absolute Gasteiger partial charge is 0.378 e. The van der Waals surface area contributed by atoms with Crippen molar-refractivity contribution in [2.75, 3.05) is 36.1 Å². The summed E-state index contributed by atoms with van der Waals surface area (Å²) >= 11 is 5.88. The van der Waals surface area contributed by atoms with Crippen LogP contribution in [0.2, 0.25) is 0 Å². The van der Waals surface area contributed by atoms with Gasteiger partial charge in [-0.2, -0.15) is 0 Å². The molecule has 0 aliphatic carbocycles. The molecular weight excluding hydrogens is 509 g/mol. The summed E-state index contributed by atoms with van der Waals surface area (Å²) in [6.45, 7) is 9.42. The Balaban J connectivity index is 1.42. The first-order valence-electron chi connectivity index (χ1n) is 13.3. The zero-order chi connectivity index (χ0) is 27.1. The van der Waals surface area contributed by atoms with Gasteiger partial charge >= 0.3 is 0 Å². The molecule has 8 heteroatoms. The Kier molecular flexibility index (Phi) is 6.83. The Morgan fingerprint density at radius 1 is 0.923 bits per heavy atom. The first kappa shape index (κ1) is 25.5. The molecule has 200 valence electrons. The van der Waals surface area contributed by atoms with Gasteiger partial charge in [-0.1, -0.05) is 6.07 Å².